The molecule has 0 bridgehead atoms. The van der Waals surface area contributed by atoms with Crippen LogP contribution in [-0.2, 0) is 9.59 Å². The molecule has 0 aliphatic heterocycles. The minimum absolute atomic E-state index is 0.475. The van der Waals surface area contributed by atoms with Gasteiger partial charge < -0.3 is 20.4 Å². The summed E-state index contributed by atoms with van der Waals surface area (Å²) in [5.41, 5.74) is 0.475. The Kier molecular flexibility index (Phi) is 5.85. The summed E-state index contributed by atoms with van der Waals surface area (Å²) >= 11 is 1.49. The number of benzene rings is 1. The number of amides is 2. The van der Waals surface area contributed by atoms with Crippen molar-refractivity contribution in [3.8, 4) is 0 Å². The molecular formula is C12H14N2O5S. The molecule has 0 unspecified atom stereocenters. The molecule has 3 N–H and O–H groups in total. The lowest BCUT2D eigenvalue weighted by atomic mass is 10.3. The molecule has 0 fully saturated rings. The molecule has 20 heavy (non-hydrogen) atoms. The molecule has 0 radical (unpaired) electrons. The van der Waals surface area contributed by atoms with Crippen LogP contribution in [0.4, 0.5) is 10.5 Å². The predicted octanol–water partition coefficient (Wildman–Crippen LogP) is 1.41. The number of carbonyl (C=O) groups excluding carboxylic acids is 1. The zero-order chi connectivity index (χ0) is 15.1. The van der Waals surface area contributed by atoms with E-state index >= 15 is 0 Å². The second-order valence-corrected chi connectivity index (χ2v) is 4.69. The highest BCUT2D eigenvalue weighted by molar-refractivity contribution is 7.98. The average molecular weight is 298 g/mol. The van der Waals surface area contributed by atoms with E-state index in [1.54, 1.807) is 18.2 Å². The average Bonchev–Trinajstić information content (AvgIpc) is 2.37. The topological polar surface area (TPSA) is 107 Å². The molecule has 1 aromatic carbocycles. The SMILES string of the molecule is CSc1cccc(NC(=O)N(CC(=O)O)CC(=O)O)c1. The Morgan fingerprint density at radius 1 is 1.20 bits per heavy atom. The van der Waals surface area contributed by atoms with Crippen LogP contribution in [-0.4, -0.2) is 52.4 Å². The Bertz CT molecular complexity index is 504. The highest BCUT2D eigenvalue weighted by atomic mass is 32.2. The molecule has 0 spiro atoms. The van der Waals surface area contributed by atoms with Gasteiger partial charge in [0.25, 0.3) is 0 Å². The maximum Gasteiger partial charge on any atom is 0.323 e. The molecule has 1 aromatic rings. The van der Waals surface area contributed by atoms with E-state index in [9.17, 15) is 14.4 Å². The Hall–Kier alpha value is -2.22. The lowest BCUT2D eigenvalue weighted by molar-refractivity contribution is -0.140. The number of carboxylic acid groups (broad SMARTS) is 2. The highest BCUT2D eigenvalue weighted by Crippen LogP contribution is 2.19. The summed E-state index contributed by atoms with van der Waals surface area (Å²) in [4.78, 5) is 34.8. The molecule has 2 amide bonds. The smallest absolute Gasteiger partial charge is 0.323 e. The van der Waals surface area contributed by atoms with Gasteiger partial charge in [0.1, 0.15) is 13.1 Å². The third kappa shape index (κ3) is 5.19. The number of carboxylic acids is 2. The molecule has 108 valence electrons. The van der Waals surface area contributed by atoms with Crippen LogP contribution >= 0.6 is 11.8 Å². The highest BCUT2D eigenvalue weighted by Gasteiger charge is 2.19. The van der Waals surface area contributed by atoms with Crippen molar-refractivity contribution >= 4 is 35.4 Å². The summed E-state index contributed by atoms with van der Waals surface area (Å²) in [6, 6.07) is 6.17. The van der Waals surface area contributed by atoms with Gasteiger partial charge >= 0.3 is 18.0 Å². The second kappa shape index (κ2) is 7.39. The number of thioether (sulfide) groups is 1. The molecule has 0 aliphatic carbocycles. The molecule has 0 aromatic heterocycles. The van der Waals surface area contributed by atoms with E-state index in [1.807, 2.05) is 12.3 Å². The number of anilines is 1. The van der Waals surface area contributed by atoms with Crippen LogP contribution in [0.1, 0.15) is 0 Å². The number of carbonyl (C=O) groups is 3. The van der Waals surface area contributed by atoms with E-state index in [0.717, 1.165) is 4.90 Å². The van der Waals surface area contributed by atoms with E-state index in [2.05, 4.69) is 5.32 Å². The summed E-state index contributed by atoms with van der Waals surface area (Å²) in [7, 11) is 0. The summed E-state index contributed by atoms with van der Waals surface area (Å²) < 4.78 is 0. The molecule has 0 aliphatic rings. The van der Waals surface area contributed by atoms with Crippen LogP contribution in [0.3, 0.4) is 0 Å². The monoisotopic (exact) mass is 298 g/mol. The van der Waals surface area contributed by atoms with Gasteiger partial charge in [-0.25, -0.2) is 4.79 Å². The van der Waals surface area contributed by atoms with Gasteiger partial charge in [-0.05, 0) is 24.5 Å². The zero-order valence-electron chi connectivity index (χ0n) is 10.7. The van der Waals surface area contributed by atoms with Crippen molar-refractivity contribution in [2.45, 2.75) is 4.90 Å². The van der Waals surface area contributed by atoms with Gasteiger partial charge in [-0.1, -0.05) is 6.07 Å². The van der Waals surface area contributed by atoms with Crippen molar-refractivity contribution in [1.29, 1.82) is 0 Å². The van der Waals surface area contributed by atoms with Gasteiger partial charge in [-0.2, -0.15) is 0 Å². The van der Waals surface area contributed by atoms with Crippen molar-refractivity contribution in [3.63, 3.8) is 0 Å². The summed E-state index contributed by atoms with van der Waals surface area (Å²) in [6.45, 7) is -1.36. The Labute approximate surface area is 119 Å². The number of nitrogens with zero attached hydrogens (tertiary/aromatic N) is 1. The number of rotatable bonds is 6. The predicted molar refractivity (Wildman–Crippen MR) is 74.1 cm³/mol. The van der Waals surface area contributed by atoms with E-state index in [1.165, 1.54) is 11.8 Å². The van der Waals surface area contributed by atoms with Gasteiger partial charge in [-0.3, -0.25) is 9.59 Å². The van der Waals surface area contributed by atoms with E-state index in [0.29, 0.717) is 10.6 Å². The van der Waals surface area contributed by atoms with Crippen LogP contribution in [0.2, 0.25) is 0 Å². The summed E-state index contributed by atoms with van der Waals surface area (Å²) in [5, 5.41) is 19.8. The third-order valence-electron chi connectivity index (χ3n) is 2.26. The molecule has 8 heteroatoms. The zero-order valence-corrected chi connectivity index (χ0v) is 11.5. The largest absolute Gasteiger partial charge is 0.480 e. The molecular weight excluding hydrogens is 284 g/mol. The first kappa shape index (κ1) is 15.8. The minimum Gasteiger partial charge on any atom is -0.480 e. The van der Waals surface area contributed by atoms with E-state index < -0.39 is 31.1 Å². The Balaban J connectivity index is 2.78. The van der Waals surface area contributed by atoms with Crippen LogP contribution < -0.4 is 5.32 Å². The van der Waals surface area contributed by atoms with Crippen molar-refractivity contribution in [1.82, 2.24) is 4.90 Å². The first-order valence-corrected chi connectivity index (χ1v) is 6.78. The van der Waals surface area contributed by atoms with Crippen LogP contribution in [0.5, 0.6) is 0 Å². The van der Waals surface area contributed by atoms with Crippen molar-refractivity contribution in [3.05, 3.63) is 24.3 Å². The third-order valence-corrected chi connectivity index (χ3v) is 2.99. The molecule has 1 rings (SSSR count). The van der Waals surface area contributed by atoms with Gasteiger partial charge in [-0.15, -0.1) is 11.8 Å². The van der Waals surface area contributed by atoms with E-state index in [-0.39, 0.29) is 0 Å². The van der Waals surface area contributed by atoms with Crippen LogP contribution in [0.15, 0.2) is 29.2 Å². The molecule has 0 heterocycles. The van der Waals surface area contributed by atoms with Crippen LogP contribution in [0, 0.1) is 0 Å². The van der Waals surface area contributed by atoms with Gasteiger partial charge in [0.15, 0.2) is 0 Å². The standard InChI is InChI=1S/C12H14N2O5S/c1-20-9-4-2-3-8(5-9)13-12(19)14(6-10(15)16)7-11(17)18/h2-5H,6-7H2,1H3,(H,13,19)(H,15,16)(H,17,18). The maximum atomic E-state index is 11.9. The Morgan fingerprint density at radius 3 is 2.30 bits per heavy atom. The molecule has 7 nitrogen and oxygen atoms in total. The van der Waals surface area contributed by atoms with Gasteiger partial charge in [0.05, 0.1) is 0 Å². The van der Waals surface area contributed by atoms with Crippen molar-refractivity contribution < 1.29 is 24.6 Å². The number of hydrogen-bond acceptors (Lipinski definition) is 4. The number of nitrogens with one attached hydrogen (secondary N) is 1. The van der Waals surface area contributed by atoms with E-state index in [4.69, 9.17) is 10.2 Å². The molecule has 0 atom stereocenters. The molecule has 0 saturated carbocycles. The van der Waals surface area contributed by atoms with Crippen molar-refractivity contribution in [2.24, 2.45) is 0 Å². The second-order valence-electron chi connectivity index (χ2n) is 3.81. The number of aliphatic carboxylic acids is 2. The summed E-state index contributed by atoms with van der Waals surface area (Å²) in [6.07, 6.45) is 1.88. The first-order chi connectivity index (χ1) is 9.42. The fourth-order valence-corrected chi connectivity index (χ4v) is 1.89. The van der Waals surface area contributed by atoms with Gasteiger partial charge in [0, 0.05) is 10.6 Å². The van der Waals surface area contributed by atoms with Crippen molar-refractivity contribution in [2.75, 3.05) is 24.7 Å². The van der Waals surface area contributed by atoms with Crippen LogP contribution in [0.25, 0.3) is 0 Å². The first-order valence-electron chi connectivity index (χ1n) is 5.56. The fraction of sp³-hybridized carbons (Fsp3) is 0.250. The normalized spacial score (nSPS) is 9.85. The Morgan fingerprint density at radius 2 is 1.80 bits per heavy atom. The maximum absolute atomic E-state index is 11.9. The summed E-state index contributed by atoms with van der Waals surface area (Å²) in [5.74, 6) is -2.56. The quantitative estimate of drug-likeness (QED) is 0.685. The lowest BCUT2D eigenvalue weighted by Gasteiger charge is -2.19. The number of urea groups is 1. The molecule has 0 saturated heterocycles. The fourth-order valence-electron chi connectivity index (χ4n) is 1.43. The minimum atomic E-state index is -1.28. The number of hydrogen-bond donors (Lipinski definition) is 3. The van der Waals surface area contributed by atoms with Gasteiger partial charge in [0.2, 0.25) is 0 Å². The lowest BCUT2D eigenvalue weighted by Crippen LogP contribution is -2.41.